The quantitative estimate of drug-likeness (QED) is 0.406. The number of hydrogen-bond acceptors (Lipinski definition) is 8. The molecule has 0 aliphatic carbocycles. The molecule has 39 heavy (non-hydrogen) atoms. The summed E-state index contributed by atoms with van der Waals surface area (Å²) >= 11 is 8.01. The number of hydrogen-bond donors (Lipinski definition) is 1. The third-order valence-electron chi connectivity index (χ3n) is 7.35. The monoisotopic (exact) mass is 591 g/mol. The Morgan fingerprint density at radius 3 is 2.59 bits per heavy atom. The average molecular weight is 592 g/mol. The van der Waals surface area contributed by atoms with Crippen molar-refractivity contribution in [1.82, 2.24) is 19.5 Å². The summed E-state index contributed by atoms with van der Waals surface area (Å²) in [6.45, 7) is 7.80. The molecule has 9 nitrogen and oxygen atoms in total. The molecule has 2 saturated heterocycles. The Hall–Kier alpha value is -2.28. The van der Waals surface area contributed by atoms with E-state index in [1.54, 1.807) is 30.5 Å². The third-order valence-corrected chi connectivity index (χ3v) is 10.8. The van der Waals surface area contributed by atoms with E-state index in [4.69, 9.17) is 21.3 Å². The van der Waals surface area contributed by atoms with E-state index >= 15 is 0 Å². The molecule has 2 aliphatic heterocycles. The van der Waals surface area contributed by atoms with E-state index in [0.717, 1.165) is 71.5 Å². The number of halogens is 1. The maximum atomic E-state index is 12.9. The smallest absolute Gasteiger partial charge is 0.251 e. The van der Waals surface area contributed by atoms with Gasteiger partial charge in [-0.05, 0) is 55.7 Å². The van der Waals surface area contributed by atoms with E-state index in [1.165, 1.54) is 16.4 Å². The van der Waals surface area contributed by atoms with E-state index < -0.39 is 10.0 Å². The number of nitrogens with one attached hydrogen (secondary N) is 1. The first-order chi connectivity index (χ1) is 18.7. The van der Waals surface area contributed by atoms with Gasteiger partial charge in [-0.25, -0.2) is 13.4 Å². The van der Waals surface area contributed by atoms with Gasteiger partial charge in [0.1, 0.15) is 0 Å². The van der Waals surface area contributed by atoms with Crippen LogP contribution in [-0.4, -0.2) is 94.1 Å². The van der Waals surface area contributed by atoms with Crippen molar-refractivity contribution in [2.24, 2.45) is 0 Å². The van der Waals surface area contributed by atoms with Crippen LogP contribution in [0.3, 0.4) is 0 Å². The van der Waals surface area contributed by atoms with Crippen LogP contribution < -0.4 is 10.2 Å². The summed E-state index contributed by atoms with van der Waals surface area (Å²) in [4.78, 5) is 22.3. The van der Waals surface area contributed by atoms with Gasteiger partial charge in [0.25, 0.3) is 5.91 Å². The van der Waals surface area contributed by atoms with E-state index in [9.17, 15) is 13.2 Å². The minimum absolute atomic E-state index is 0.0614. The Morgan fingerprint density at radius 1 is 1.18 bits per heavy atom. The van der Waals surface area contributed by atoms with Gasteiger partial charge in [0.15, 0.2) is 5.13 Å². The number of aryl methyl sites for hydroxylation is 1. The number of carbonyl (C=O) groups is 1. The molecule has 12 heteroatoms. The van der Waals surface area contributed by atoms with Crippen molar-refractivity contribution in [3.63, 3.8) is 0 Å². The Balaban J connectivity index is 1.08. The predicted octanol–water partition coefficient (Wildman–Crippen LogP) is 3.61. The Bertz CT molecular complexity index is 1380. The molecule has 3 heterocycles. The van der Waals surface area contributed by atoms with Crippen molar-refractivity contribution in [2.75, 3.05) is 64.4 Å². The summed E-state index contributed by atoms with van der Waals surface area (Å²) in [6.07, 6.45) is 1.76. The molecule has 2 aliphatic rings. The number of anilines is 1. The van der Waals surface area contributed by atoms with Gasteiger partial charge >= 0.3 is 0 Å². The number of carbonyl (C=O) groups excluding carboxylic acids is 1. The van der Waals surface area contributed by atoms with Crippen LogP contribution in [0.1, 0.15) is 28.8 Å². The van der Waals surface area contributed by atoms with Crippen LogP contribution >= 0.6 is 22.9 Å². The first-order valence-electron chi connectivity index (χ1n) is 13.2. The Kier molecular flexibility index (Phi) is 8.75. The predicted molar refractivity (Wildman–Crippen MR) is 156 cm³/mol. The molecule has 1 amide bonds. The van der Waals surface area contributed by atoms with Crippen LogP contribution in [0.25, 0.3) is 10.2 Å². The molecule has 2 aromatic carbocycles. The van der Waals surface area contributed by atoms with Gasteiger partial charge in [-0.15, -0.1) is 0 Å². The molecule has 0 spiro atoms. The fraction of sp³-hybridized carbons (Fsp3) is 0.481. The highest BCUT2D eigenvalue weighted by Gasteiger charge is 2.26. The minimum atomic E-state index is -3.64. The van der Waals surface area contributed by atoms with Crippen molar-refractivity contribution >= 4 is 54.2 Å². The summed E-state index contributed by atoms with van der Waals surface area (Å²) in [5.41, 5.74) is 2.54. The number of piperazine rings is 1. The number of rotatable bonds is 9. The lowest BCUT2D eigenvalue weighted by atomic mass is 10.2. The number of sulfonamides is 1. The largest absolute Gasteiger partial charge is 0.377 e. The molecule has 0 radical (unpaired) electrons. The highest BCUT2D eigenvalue weighted by Crippen LogP contribution is 2.35. The molecule has 1 unspecified atom stereocenters. The van der Waals surface area contributed by atoms with Crippen molar-refractivity contribution in [3.05, 3.63) is 52.5 Å². The van der Waals surface area contributed by atoms with Gasteiger partial charge < -0.3 is 15.0 Å². The fourth-order valence-corrected chi connectivity index (χ4v) is 7.52. The topological polar surface area (TPSA) is 95.1 Å². The molecule has 2 fully saturated rings. The zero-order valence-corrected chi connectivity index (χ0v) is 24.6. The summed E-state index contributed by atoms with van der Waals surface area (Å²) in [7, 11) is -2.07. The zero-order chi connectivity index (χ0) is 27.6. The molecule has 210 valence electrons. The number of ether oxygens (including phenoxy) is 1. The van der Waals surface area contributed by atoms with Crippen LogP contribution in [0, 0.1) is 6.92 Å². The van der Waals surface area contributed by atoms with Gasteiger partial charge in [-0.3, -0.25) is 9.69 Å². The highest BCUT2D eigenvalue weighted by atomic mass is 35.5. The number of benzene rings is 2. The second-order valence-electron chi connectivity index (χ2n) is 10.1. The third kappa shape index (κ3) is 6.39. The van der Waals surface area contributed by atoms with Gasteiger partial charge in [0.2, 0.25) is 10.0 Å². The SMILES string of the molecule is Cc1ccc(Cl)c2sc(N3CCN(CCNC(=O)c4ccc(S(=O)(=O)N(C)CC5CCCO5)cc4)CC3)nc12. The first-order valence-corrected chi connectivity index (χ1v) is 15.8. The van der Waals surface area contributed by atoms with Gasteiger partial charge in [0, 0.05) is 65.0 Å². The normalized spacial score (nSPS) is 18.8. The molecular formula is C27H34ClN5O4S2. The van der Waals surface area contributed by atoms with E-state index in [0.29, 0.717) is 25.3 Å². The summed E-state index contributed by atoms with van der Waals surface area (Å²) in [6, 6.07) is 10.0. The summed E-state index contributed by atoms with van der Waals surface area (Å²) in [5.74, 6) is -0.216. The van der Waals surface area contributed by atoms with Crippen molar-refractivity contribution < 1.29 is 17.9 Å². The number of nitrogens with zero attached hydrogens (tertiary/aromatic N) is 4. The Labute approximate surface area is 238 Å². The highest BCUT2D eigenvalue weighted by molar-refractivity contribution is 7.89. The van der Waals surface area contributed by atoms with Crippen molar-refractivity contribution in [3.8, 4) is 0 Å². The molecule has 0 bridgehead atoms. The maximum absolute atomic E-state index is 12.9. The minimum Gasteiger partial charge on any atom is -0.377 e. The van der Waals surface area contributed by atoms with Crippen molar-refractivity contribution in [2.45, 2.75) is 30.8 Å². The van der Waals surface area contributed by atoms with Crippen LogP contribution in [0.2, 0.25) is 5.02 Å². The number of thiazole rings is 1. The van der Waals surface area contributed by atoms with E-state index in [1.807, 2.05) is 12.1 Å². The second kappa shape index (κ2) is 12.1. The lowest BCUT2D eigenvalue weighted by Gasteiger charge is -2.34. The number of aromatic nitrogens is 1. The number of amides is 1. The average Bonchev–Trinajstić information content (AvgIpc) is 3.62. The standard InChI is InChI=1S/C27H34ClN5O4S2/c1-19-5-10-23(28)25-24(19)30-27(38-25)33-15-13-32(14-16-33)12-11-29-26(34)20-6-8-22(9-7-20)39(35,36)31(2)18-21-4-3-17-37-21/h5-10,21H,3-4,11-18H2,1-2H3,(H,29,34). The van der Waals surface area contributed by atoms with Gasteiger partial charge in [0.05, 0.1) is 26.2 Å². The summed E-state index contributed by atoms with van der Waals surface area (Å²) < 4.78 is 33.7. The van der Waals surface area contributed by atoms with Crippen LogP contribution in [-0.2, 0) is 14.8 Å². The maximum Gasteiger partial charge on any atom is 0.251 e. The molecule has 5 rings (SSSR count). The molecular weight excluding hydrogens is 558 g/mol. The second-order valence-corrected chi connectivity index (χ2v) is 13.5. The number of fused-ring (bicyclic) bond motifs is 1. The lowest BCUT2D eigenvalue weighted by Crippen LogP contribution is -2.48. The summed E-state index contributed by atoms with van der Waals surface area (Å²) in [5, 5.41) is 4.69. The Morgan fingerprint density at radius 2 is 1.92 bits per heavy atom. The van der Waals surface area contributed by atoms with Gasteiger partial charge in [-0.2, -0.15) is 4.31 Å². The van der Waals surface area contributed by atoms with E-state index in [2.05, 4.69) is 22.0 Å². The zero-order valence-electron chi connectivity index (χ0n) is 22.2. The van der Waals surface area contributed by atoms with Crippen molar-refractivity contribution in [1.29, 1.82) is 0 Å². The van der Waals surface area contributed by atoms with E-state index in [-0.39, 0.29) is 16.9 Å². The number of likely N-dealkylation sites (N-methyl/N-ethyl adjacent to an activating group) is 1. The lowest BCUT2D eigenvalue weighted by molar-refractivity contribution is 0.0947. The molecule has 1 aromatic heterocycles. The van der Waals surface area contributed by atoms with Crippen LogP contribution in [0.15, 0.2) is 41.3 Å². The molecule has 1 N–H and O–H groups in total. The molecule has 3 aromatic rings. The first kappa shape index (κ1) is 28.3. The molecule has 1 atom stereocenters. The molecule has 0 saturated carbocycles. The fourth-order valence-electron chi connectivity index (χ4n) is 4.95. The van der Waals surface area contributed by atoms with Gasteiger partial charge in [-0.1, -0.05) is 29.0 Å². The van der Waals surface area contributed by atoms with Crippen LogP contribution in [0.5, 0.6) is 0 Å². The van der Waals surface area contributed by atoms with Crippen LogP contribution in [0.4, 0.5) is 5.13 Å².